The first kappa shape index (κ1) is 14.6. The molecule has 0 bridgehead atoms. The number of carbonyl (C=O) groups excluding carboxylic acids is 1. The lowest BCUT2D eigenvalue weighted by atomic mass is 10.0. The van der Waals surface area contributed by atoms with E-state index in [1.165, 1.54) is 12.1 Å². The van der Waals surface area contributed by atoms with Crippen molar-refractivity contribution < 1.29 is 9.18 Å². The lowest BCUT2D eigenvalue weighted by molar-refractivity contribution is 0.207. The fourth-order valence-corrected chi connectivity index (χ4v) is 2.95. The first-order valence-electron chi connectivity index (χ1n) is 7.38. The van der Waals surface area contributed by atoms with Crippen molar-refractivity contribution in [3.63, 3.8) is 0 Å². The molecule has 6 heteroatoms. The van der Waals surface area contributed by atoms with Crippen molar-refractivity contribution in [2.24, 2.45) is 7.05 Å². The third kappa shape index (κ3) is 2.81. The molecule has 1 unspecified atom stereocenters. The molecule has 1 aliphatic rings. The number of hydrogen-bond acceptors (Lipinski definition) is 2. The molecule has 5 nitrogen and oxygen atoms in total. The smallest absolute Gasteiger partial charge is 0.317 e. The van der Waals surface area contributed by atoms with E-state index in [4.69, 9.17) is 0 Å². The molecule has 0 aliphatic carbocycles. The largest absolute Gasteiger partial charge is 0.322 e. The van der Waals surface area contributed by atoms with Gasteiger partial charge in [-0.3, -0.25) is 4.68 Å². The van der Waals surface area contributed by atoms with Crippen LogP contribution in [0.5, 0.6) is 0 Å². The van der Waals surface area contributed by atoms with E-state index in [0.29, 0.717) is 6.54 Å². The number of hydrogen-bond donors (Lipinski definition) is 1. The number of aryl methyl sites for hydroxylation is 2. The summed E-state index contributed by atoms with van der Waals surface area (Å²) in [6.07, 6.45) is 3.63. The van der Waals surface area contributed by atoms with Crippen LogP contribution in [0.1, 0.15) is 30.1 Å². The Morgan fingerprint density at radius 3 is 2.73 bits per heavy atom. The molecule has 3 rings (SSSR count). The van der Waals surface area contributed by atoms with Gasteiger partial charge in [0.05, 0.1) is 17.4 Å². The molecule has 1 atom stereocenters. The monoisotopic (exact) mass is 302 g/mol. The predicted molar refractivity (Wildman–Crippen MR) is 82.0 cm³/mol. The summed E-state index contributed by atoms with van der Waals surface area (Å²) in [5.74, 6) is -0.260. The van der Waals surface area contributed by atoms with Crippen molar-refractivity contribution in [3.05, 3.63) is 47.5 Å². The standard InChI is InChI=1S/C16H19FN4O/c1-11-14(10-20(2)19-11)18-16(22)21-9-3-4-15(21)12-5-7-13(17)8-6-12/h5-8,10,15H,3-4,9H2,1-2H3,(H,18,22). The average Bonchev–Trinajstić information content (AvgIpc) is 3.07. The second-order valence-corrected chi connectivity index (χ2v) is 5.63. The van der Waals surface area contributed by atoms with Crippen LogP contribution in [0.3, 0.4) is 0 Å². The lowest BCUT2D eigenvalue weighted by Crippen LogP contribution is -2.34. The summed E-state index contributed by atoms with van der Waals surface area (Å²) in [4.78, 5) is 14.3. The van der Waals surface area contributed by atoms with Gasteiger partial charge in [0.2, 0.25) is 0 Å². The normalized spacial score (nSPS) is 17.8. The Hall–Kier alpha value is -2.37. The van der Waals surface area contributed by atoms with Crippen LogP contribution in [0.25, 0.3) is 0 Å². The molecule has 0 saturated carbocycles. The Labute approximate surface area is 128 Å². The Morgan fingerprint density at radius 1 is 1.36 bits per heavy atom. The van der Waals surface area contributed by atoms with Crippen LogP contribution in [0.2, 0.25) is 0 Å². The average molecular weight is 302 g/mol. The molecule has 22 heavy (non-hydrogen) atoms. The molecule has 1 aromatic heterocycles. The zero-order valence-electron chi connectivity index (χ0n) is 12.7. The third-order valence-corrected chi connectivity index (χ3v) is 4.02. The van der Waals surface area contributed by atoms with Gasteiger partial charge in [0, 0.05) is 19.8 Å². The van der Waals surface area contributed by atoms with Gasteiger partial charge in [-0.2, -0.15) is 5.10 Å². The van der Waals surface area contributed by atoms with E-state index in [2.05, 4.69) is 10.4 Å². The van der Waals surface area contributed by atoms with E-state index >= 15 is 0 Å². The molecule has 2 heterocycles. The lowest BCUT2D eigenvalue weighted by Gasteiger charge is -2.25. The van der Waals surface area contributed by atoms with Crippen LogP contribution in [0.15, 0.2) is 30.5 Å². The summed E-state index contributed by atoms with van der Waals surface area (Å²) in [6, 6.07) is 6.24. The topological polar surface area (TPSA) is 50.2 Å². The Morgan fingerprint density at radius 2 is 2.09 bits per heavy atom. The Kier molecular flexibility index (Phi) is 3.83. The minimum absolute atomic E-state index is 0.00224. The Balaban J connectivity index is 1.76. The van der Waals surface area contributed by atoms with Crippen LogP contribution in [-0.2, 0) is 7.05 Å². The Bertz CT molecular complexity index is 680. The van der Waals surface area contributed by atoms with Crippen molar-refractivity contribution in [2.45, 2.75) is 25.8 Å². The van der Waals surface area contributed by atoms with Crippen LogP contribution in [-0.4, -0.2) is 27.3 Å². The molecule has 2 aromatic rings. The van der Waals surface area contributed by atoms with Crippen molar-refractivity contribution in [3.8, 4) is 0 Å². The molecular weight excluding hydrogens is 283 g/mol. The number of halogens is 1. The second kappa shape index (κ2) is 5.79. The van der Waals surface area contributed by atoms with Gasteiger partial charge in [-0.05, 0) is 37.5 Å². The molecule has 0 spiro atoms. The number of rotatable bonds is 2. The van der Waals surface area contributed by atoms with E-state index in [1.54, 1.807) is 27.9 Å². The van der Waals surface area contributed by atoms with Gasteiger partial charge in [-0.25, -0.2) is 9.18 Å². The number of carbonyl (C=O) groups is 1. The van der Waals surface area contributed by atoms with Crippen molar-refractivity contribution in [1.82, 2.24) is 14.7 Å². The highest BCUT2D eigenvalue weighted by Gasteiger charge is 2.30. The molecule has 2 amide bonds. The van der Waals surface area contributed by atoms with Gasteiger partial charge in [0.15, 0.2) is 0 Å². The highest BCUT2D eigenvalue weighted by molar-refractivity contribution is 5.90. The molecular formula is C16H19FN4O. The van der Waals surface area contributed by atoms with E-state index in [-0.39, 0.29) is 17.9 Å². The quantitative estimate of drug-likeness (QED) is 0.926. The maximum Gasteiger partial charge on any atom is 0.322 e. The summed E-state index contributed by atoms with van der Waals surface area (Å²) >= 11 is 0. The predicted octanol–water partition coefficient (Wildman–Crippen LogP) is 3.24. The maximum absolute atomic E-state index is 13.1. The highest BCUT2D eigenvalue weighted by Crippen LogP contribution is 2.32. The van der Waals surface area contributed by atoms with Crippen LogP contribution in [0.4, 0.5) is 14.9 Å². The van der Waals surface area contributed by atoms with Crippen LogP contribution >= 0.6 is 0 Å². The molecule has 0 radical (unpaired) electrons. The van der Waals surface area contributed by atoms with E-state index in [0.717, 1.165) is 29.8 Å². The number of amides is 2. The number of urea groups is 1. The molecule has 1 fully saturated rings. The number of nitrogens with one attached hydrogen (secondary N) is 1. The second-order valence-electron chi connectivity index (χ2n) is 5.63. The van der Waals surface area contributed by atoms with Crippen molar-refractivity contribution in [2.75, 3.05) is 11.9 Å². The highest BCUT2D eigenvalue weighted by atomic mass is 19.1. The molecule has 1 N–H and O–H groups in total. The first-order valence-corrected chi connectivity index (χ1v) is 7.38. The van der Waals surface area contributed by atoms with Crippen LogP contribution in [0, 0.1) is 12.7 Å². The number of benzene rings is 1. The van der Waals surface area contributed by atoms with Gasteiger partial charge in [0.25, 0.3) is 0 Å². The SMILES string of the molecule is Cc1nn(C)cc1NC(=O)N1CCCC1c1ccc(F)cc1. The fourth-order valence-electron chi connectivity index (χ4n) is 2.95. The van der Waals surface area contributed by atoms with E-state index in [9.17, 15) is 9.18 Å². The van der Waals surface area contributed by atoms with Crippen LogP contribution < -0.4 is 5.32 Å². The maximum atomic E-state index is 13.1. The number of aromatic nitrogens is 2. The minimum Gasteiger partial charge on any atom is -0.317 e. The number of nitrogens with zero attached hydrogens (tertiary/aromatic N) is 3. The third-order valence-electron chi connectivity index (χ3n) is 4.02. The van der Waals surface area contributed by atoms with Crippen molar-refractivity contribution >= 4 is 11.7 Å². The number of anilines is 1. The molecule has 116 valence electrons. The summed E-state index contributed by atoms with van der Waals surface area (Å²) in [5.41, 5.74) is 2.47. The fraction of sp³-hybridized carbons (Fsp3) is 0.375. The molecule has 1 saturated heterocycles. The van der Waals surface area contributed by atoms with Gasteiger partial charge in [-0.1, -0.05) is 12.1 Å². The van der Waals surface area contributed by atoms with E-state index in [1.807, 2.05) is 14.0 Å². The molecule has 1 aliphatic heterocycles. The number of likely N-dealkylation sites (tertiary alicyclic amines) is 1. The van der Waals surface area contributed by atoms with Gasteiger partial charge in [-0.15, -0.1) is 0 Å². The summed E-state index contributed by atoms with van der Waals surface area (Å²) < 4.78 is 14.7. The molecule has 1 aromatic carbocycles. The van der Waals surface area contributed by atoms with Crippen molar-refractivity contribution in [1.29, 1.82) is 0 Å². The van der Waals surface area contributed by atoms with Gasteiger partial charge < -0.3 is 10.2 Å². The van der Waals surface area contributed by atoms with E-state index < -0.39 is 0 Å². The zero-order chi connectivity index (χ0) is 15.7. The zero-order valence-corrected chi connectivity index (χ0v) is 12.7. The minimum atomic E-state index is -0.260. The first-order chi connectivity index (χ1) is 10.5. The summed E-state index contributed by atoms with van der Waals surface area (Å²) in [7, 11) is 1.82. The summed E-state index contributed by atoms with van der Waals surface area (Å²) in [5, 5.41) is 7.13. The summed E-state index contributed by atoms with van der Waals surface area (Å²) in [6.45, 7) is 2.56. The van der Waals surface area contributed by atoms with Gasteiger partial charge >= 0.3 is 6.03 Å². The van der Waals surface area contributed by atoms with Gasteiger partial charge in [0.1, 0.15) is 5.82 Å².